The Morgan fingerprint density at radius 1 is 1.07 bits per heavy atom. The summed E-state index contributed by atoms with van der Waals surface area (Å²) in [6.45, 7) is 2.58. The summed E-state index contributed by atoms with van der Waals surface area (Å²) in [5.41, 5.74) is 1.54. The zero-order valence-corrected chi connectivity index (χ0v) is 14.8. The fourth-order valence-corrected chi connectivity index (χ4v) is 3.49. The second kappa shape index (κ2) is 6.64. The van der Waals surface area contributed by atoms with Gasteiger partial charge in [0.1, 0.15) is 5.84 Å². The first-order valence-corrected chi connectivity index (χ1v) is 8.66. The number of aliphatic imine (C=N–C) groups is 1. The molecule has 6 nitrogen and oxygen atoms in total. The van der Waals surface area contributed by atoms with E-state index in [-0.39, 0.29) is 11.6 Å². The molecule has 0 N–H and O–H groups in total. The molecule has 27 heavy (non-hydrogen) atoms. The highest BCUT2D eigenvalue weighted by Crippen LogP contribution is 2.26. The van der Waals surface area contributed by atoms with Crippen molar-refractivity contribution in [3.63, 3.8) is 0 Å². The molecule has 1 aliphatic heterocycles. The summed E-state index contributed by atoms with van der Waals surface area (Å²) in [6.07, 6.45) is 0. The molecule has 0 aromatic heterocycles. The summed E-state index contributed by atoms with van der Waals surface area (Å²) < 4.78 is 0. The van der Waals surface area contributed by atoms with Gasteiger partial charge in [-0.15, -0.1) is 0 Å². The van der Waals surface area contributed by atoms with Gasteiger partial charge in [0.05, 0.1) is 11.5 Å². The summed E-state index contributed by atoms with van der Waals surface area (Å²) in [5, 5.41) is 13.3. The predicted molar refractivity (Wildman–Crippen MR) is 104 cm³/mol. The fourth-order valence-electron chi connectivity index (χ4n) is 3.49. The number of carbonyl (C=O) groups excluding carboxylic acids is 1. The second-order valence-corrected chi connectivity index (χ2v) is 6.40. The fraction of sp³-hybridized carbons (Fsp3) is 0.143. The van der Waals surface area contributed by atoms with Crippen molar-refractivity contribution in [1.29, 1.82) is 0 Å². The van der Waals surface area contributed by atoms with Gasteiger partial charge in [-0.25, -0.2) is 0 Å². The molecule has 0 atom stereocenters. The van der Waals surface area contributed by atoms with Gasteiger partial charge in [0.2, 0.25) is 0 Å². The van der Waals surface area contributed by atoms with Gasteiger partial charge in [-0.2, -0.15) is 0 Å². The quantitative estimate of drug-likeness (QED) is 0.525. The minimum Gasteiger partial charge on any atom is -0.291 e. The molecule has 1 heterocycles. The minimum absolute atomic E-state index is 0.0521. The highest BCUT2D eigenvalue weighted by atomic mass is 16.6. The topological polar surface area (TPSA) is 75.8 Å². The van der Waals surface area contributed by atoms with E-state index >= 15 is 0 Å². The first-order chi connectivity index (χ1) is 13.1. The van der Waals surface area contributed by atoms with E-state index in [1.54, 1.807) is 24.0 Å². The van der Waals surface area contributed by atoms with E-state index in [0.29, 0.717) is 30.1 Å². The van der Waals surface area contributed by atoms with E-state index in [2.05, 4.69) is 4.99 Å². The highest BCUT2D eigenvalue weighted by Gasteiger charge is 2.29. The van der Waals surface area contributed by atoms with Crippen LogP contribution in [-0.4, -0.2) is 34.7 Å². The third-order valence-corrected chi connectivity index (χ3v) is 4.85. The lowest BCUT2D eigenvalue weighted by Crippen LogP contribution is -2.35. The summed E-state index contributed by atoms with van der Waals surface area (Å²) in [6, 6.07) is 18.5. The van der Waals surface area contributed by atoms with Crippen molar-refractivity contribution in [3.05, 3.63) is 87.5 Å². The Balaban J connectivity index is 1.77. The van der Waals surface area contributed by atoms with Crippen LogP contribution in [-0.2, 0) is 0 Å². The van der Waals surface area contributed by atoms with E-state index in [9.17, 15) is 14.9 Å². The van der Waals surface area contributed by atoms with Crippen LogP contribution in [0.4, 0.5) is 5.69 Å². The molecular weight excluding hydrogens is 342 g/mol. The normalized spacial score (nSPS) is 13.7. The molecule has 0 aliphatic carbocycles. The number of amidine groups is 1. The Morgan fingerprint density at radius 3 is 2.63 bits per heavy atom. The van der Waals surface area contributed by atoms with Crippen molar-refractivity contribution in [2.24, 2.45) is 4.99 Å². The number of amides is 1. The molecule has 0 saturated heterocycles. The predicted octanol–water partition coefficient (Wildman–Crippen LogP) is 3.96. The number of benzene rings is 3. The molecule has 6 heteroatoms. The lowest BCUT2D eigenvalue weighted by atomic mass is 10.0. The lowest BCUT2D eigenvalue weighted by Gasteiger charge is -2.20. The number of nitro benzene ring substituents is 1. The molecule has 0 spiro atoms. The van der Waals surface area contributed by atoms with Crippen LogP contribution in [0.25, 0.3) is 10.8 Å². The maximum atomic E-state index is 13.2. The van der Waals surface area contributed by atoms with E-state index in [1.165, 1.54) is 6.07 Å². The smallest absolute Gasteiger partial charge is 0.273 e. The zero-order valence-electron chi connectivity index (χ0n) is 14.8. The number of rotatable bonds is 3. The maximum Gasteiger partial charge on any atom is 0.273 e. The molecule has 0 bridgehead atoms. The Labute approximate surface area is 155 Å². The second-order valence-electron chi connectivity index (χ2n) is 6.40. The van der Waals surface area contributed by atoms with E-state index in [1.807, 2.05) is 42.5 Å². The number of nitro groups is 1. The van der Waals surface area contributed by atoms with Gasteiger partial charge < -0.3 is 0 Å². The van der Waals surface area contributed by atoms with E-state index in [4.69, 9.17) is 0 Å². The summed E-state index contributed by atoms with van der Waals surface area (Å²) in [7, 11) is 0. The molecule has 3 aromatic rings. The van der Waals surface area contributed by atoms with Crippen molar-refractivity contribution < 1.29 is 9.72 Å². The van der Waals surface area contributed by atoms with Crippen LogP contribution >= 0.6 is 0 Å². The van der Waals surface area contributed by atoms with Gasteiger partial charge in [-0.3, -0.25) is 24.8 Å². The van der Waals surface area contributed by atoms with Gasteiger partial charge in [-0.1, -0.05) is 48.5 Å². The summed E-state index contributed by atoms with van der Waals surface area (Å²) in [5.74, 6) is 0.350. The lowest BCUT2D eigenvalue weighted by molar-refractivity contribution is -0.385. The van der Waals surface area contributed by atoms with Crippen LogP contribution in [0.1, 0.15) is 21.5 Å². The number of nitrogens with zero attached hydrogens (tertiary/aromatic N) is 3. The maximum absolute atomic E-state index is 13.2. The number of hydrogen-bond acceptors (Lipinski definition) is 4. The van der Waals surface area contributed by atoms with Gasteiger partial charge in [-0.05, 0) is 23.8 Å². The Bertz CT molecular complexity index is 1100. The summed E-state index contributed by atoms with van der Waals surface area (Å²) in [4.78, 5) is 30.1. The largest absolute Gasteiger partial charge is 0.291 e. The number of fused-ring (bicyclic) bond motifs is 1. The molecule has 134 valence electrons. The van der Waals surface area contributed by atoms with Crippen LogP contribution in [0.3, 0.4) is 0 Å². The standard InChI is InChI=1S/C21H17N3O3/c1-14-16(9-5-11-19(14)24(26)27)21(25)23-13-12-22-20(23)18-10-4-7-15-6-2-3-8-17(15)18/h2-11H,12-13H2,1H3. The van der Waals surface area contributed by atoms with Crippen molar-refractivity contribution in [2.75, 3.05) is 13.1 Å². The van der Waals surface area contributed by atoms with Crippen molar-refractivity contribution in [1.82, 2.24) is 4.90 Å². The Hall–Kier alpha value is -3.54. The molecule has 0 unspecified atom stereocenters. The van der Waals surface area contributed by atoms with E-state index in [0.717, 1.165) is 16.3 Å². The van der Waals surface area contributed by atoms with Crippen molar-refractivity contribution >= 4 is 28.2 Å². The van der Waals surface area contributed by atoms with Crippen molar-refractivity contribution in [2.45, 2.75) is 6.92 Å². The van der Waals surface area contributed by atoms with Gasteiger partial charge in [0, 0.05) is 29.3 Å². The molecule has 0 fully saturated rings. The molecular formula is C21H17N3O3. The average molecular weight is 359 g/mol. The van der Waals surface area contributed by atoms with Gasteiger partial charge in [0.15, 0.2) is 0 Å². The van der Waals surface area contributed by atoms with Crippen molar-refractivity contribution in [3.8, 4) is 0 Å². The first kappa shape index (κ1) is 16.9. The molecule has 0 radical (unpaired) electrons. The highest BCUT2D eigenvalue weighted by molar-refractivity contribution is 6.18. The van der Waals surface area contributed by atoms with Crippen LogP contribution < -0.4 is 0 Å². The van der Waals surface area contributed by atoms with E-state index < -0.39 is 4.92 Å². The van der Waals surface area contributed by atoms with Crippen LogP contribution in [0.15, 0.2) is 65.7 Å². The number of hydrogen-bond donors (Lipinski definition) is 0. The zero-order chi connectivity index (χ0) is 19.0. The third kappa shape index (κ3) is 2.85. The number of carbonyl (C=O) groups is 1. The molecule has 4 rings (SSSR count). The summed E-state index contributed by atoms with van der Waals surface area (Å²) >= 11 is 0. The van der Waals surface area contributed by atoms with Gasteiger partial charge in [0.25, 0.3) is 11.6 Å². The van der Waals surface area contributed by atoms with Crippen LogP contribution in [0.2, 0.25) is 0 Å². The Morgan fingerprint density at radius 2 is 1.81 bits per heavy atom. The molecule has 1 amide bonds. The average Bonchev–Trinajstić information content (AvgIpc) is 3.16. The van der Waals surface area contributed by atoms with Crippen LogP contribution in [0.5, 0.6) is 0 Å². The van der Waals surface area contributed by atoms with Gasteiger partial charge >= 0.3 is 0 Å². The Kier molecular flexibility index (Phi) is 4.16. The molecule has 0 saturated carbocycles. The monoisotopic (exact) mass is 359 g/mol. The SMILES string of the molecule is Cc1c(C(=O)N2CCN=C2c2cccc3ccccc23)cccc1[N+](=O)[O-]. The molecule has 1 aliphatic rings. The molecule has 3 aromatic carbocycles. The first-order valence-electron chi connectivity index (χ1n) is 8.66. The third-order valence-electron chi connectivity index (χ3n) is 4.85. The minimum atomic E-state index is -0.463. The van der Waals surface area contributed by atoms with Crippen LogP contribution in [0, 0.1) is 17.0 Å².